The van der Waals surface area contributed by atoms with E-state index in [0.29, 0.717) is 30.2 Å². The summed E-state index contributed by atoms with van der Waals surface area (Å²) >= 11 is 0. The Labute approximate surface area is 177 Å². The number of benzene rings is 2. The zero-order chi connectivity index (χ0) is 22.0. The van der Waals surface area contributed by atoms with Crippen molar-refractivity contribution in [2.75, 3.05) is 32.8 Å². The summed E-state index contributed by atoms with van der Waals surface area (Å²) < 4.78 is 52.3. The van der Waals surface area contributed by atoms with E-state index in [-0.39, 0.29) is 38.4 Å². The summed E-state index contributed by atoms with van der Waals surface area (Å²) in [6.45, 7) is 0.546. The van der Waals surface area contributed by atoms with Gasteiger partial charge in [-0.25, -0.2) is 13.2 Å². The number of alkyl halides is 2. The molecule has 5 nitrogen and oxygen atoms in total. The van der Waals surface area contributed by atoms with Gasteiger partial charge in [0.05, 0.1) is 19.6 Å². The van der Waals surface area contributed by atoms with Crippen molar-refractivity contribution in [2.24, 2.45) is 0 Å². The molecule has 164 valence electrons. The van der Waals surface area contributed by atoms with E-state index in [1.807, 2.05) is 0 Å². The highest BCUT2D eigenvalue weighted by atomic mass is 19.3. The van der Waals surface area contributed by atoms with Crippen molar-refractivity contribution in [2.45, 2.75) is 18.8 Å². The Hall–Kier alpha value is -3.00. The predicted octanol–water partition coefficient (Wildman–Crippen LogP) is 4.21. The molecule has 2 aromatic rings. The highest BCUT2D eigenvalue weighted by molar-refractivity contribution is 5.87. The van der Waals surface area contributed by atoms with E-state index in [2.05, 4.69) is 0 Å². The second kappa shape index (κ2) is 8.63. The van der Waals surface area contributed by atoms with Crippen molar-refractivity contribution in [3.8, 4) is 11.5 Å². The number of hydrogen-bond acceptors (Lipinski definition) is 4. The molecule has 2 aliphatic heterocycles. The van der Waals surface area contributed by atoms with Crippen molar-refractivity contribution in [1.82, 2.24) is 4.90 Å². The molecule has 0 unspecified atom stereocenters. The Morgan fingerprint density at radius 2 is 1.97 bits per heavy atom. The second-order valence-corrected chi connectivity index (χ2v) is 7.74. The van der Waals surface area contributed by atoms with Crippen LogP contribution in [0.4, 0.5) is 13.2 Å². The maximum Gasteiger partial charge on any atom is 0.306 e. The van der Waals surface area contributed by atoms with Crippen LogP contribution in [0.5, 0.6) is 11.5 Å². The highest BCUT2D eigenvalue weighted by Gasteiger charge is 2.38. The van der Waals surface area contributed by atoms with Crippen molar-refractivity contribution in [1.29, 1.82) is 0 Å². The first kappa shape index (κ1) is 21.2. The van der Waals surface area contributed by atoms with Crippen molar-refractivity contribution >= 4 is 11.5 Å². The zero-order valence-electron chi connectivity index (χ0n) is 16.7. The van der Waals surface area contributed by atoms with Crippen LogP contribution in [0.15, 0.2) is 48.0 Å². The molecule has 2 aliphatic rings. The number of ether oxygens (including phenoxy) is 2. The standard InChI is InChI=1S/C23H22F3NO4/c24-17-3-1-15(2-4-17)22-16(12-27-9-8-23(25,26)14-27)13-31-20-6-5-18(11-19(20)22)30-10-7-21(28)29/h1-6,11H,7-10,12-14H2,(H,28,29). The summed E-state index contributed by atoms with van der Waals surface area (Å²) in [6, 6.07) is 11.2. The van der Waals surface area contributed by atoms with Crippen LogP contribution in [0.2, 0.25) is 0 Å². The molecule has 1 fully saturated rings. The van der Waals surface area contributed by atoms with Crippen LogP contribution in [0.25, 0.3) is 5.57 Å². The number of carboxylic acid groups (broad SMARTS) is 1. The van der Waals surface area contributed by atoms with Gasteiger partial charge in [-0.2, -0.15) is 0 Å². The lowest BCUT2D eigenvalue weighted by molar-refractivity contribution is -0.137. The molecule has 0 aromatic heterocycles. The van der Waals surface area contributed by atoms with Crippen LogP contribution in [0, 0.1) is 5.82 Å². The van der Waals surface area contributed by atoms with E-state index in [1.54, 1.807) is 35.2 Å². The van der Waals surface area contributed by atoms with E-state index in [0.717, 1.165) is 16.7 Å². The van der Waals surface area contributed by atoms with E-state index in [4.69, 9.17) is 14.6 Å². The van der Waals surface area contributed by atoms with Gasteiger partial charge in [0.25, 0.3) is 5.92 Å². The molecule has 1 N–H and O–H groups in total. The first-order valence-electron chi connectivity index (χ1n) is 10.0. The molecule has 4 rings (SSSR count). The molecule has 0 aliphatic carbocycles. The lowest BCUT2D eigenvalue weighted by Crippen LogP contribution is -2.30. The van der Waals surface area contributed by atoms with Gasteiger partial charge in [-0.05, 0) is 47.0 Å². The fraction of sp³-hybridized carbons (Fsp3) is 0.348. The number of nitrogens with zero attached hydrogens (tertiary/aromatic N) is 1. The molecule has 2 aromatic carbocycles. The monoisotopic (exact) mass is 433 g/mol. The van der Waals surface area contributed by atoms with Crippen LogP contribution < -0.4 is 9.47 Å². The SMILES string of the molecule is O=C(O)CCOc1ccc2c(c1)C(c1ccc(F)cc1)=C(CN1CCC(F)(F)C1)CO2. The first-order chi connectivity index (χ1) is 14.8. The molecular weight excluding hydrogens is 411 g/mol. The molecule has 0 amide bonds. The number of hydrogen-bond donors (Lipinski definition) is 1. The summed E-state index contributed by atoms with van der Waals surface area (Å²) in [7, 11) is 0. The quantitative estimate of drug-likeness (QED) is 0.709. The minimum Gasteiger partial charge on any atom is -0.493 e. The molecule has 0 saturated carbocycles. The number of aliphatic carboxylic acids is 1. The summed E-state index contributed by atoms with van der Waals surface area (Å²) in [5, 5.41) is 8.81. The summed E-state index contributed by atoms with van der Waals surface area (Å²) in [5.41, 5.74) is 3.06. The largest absolute Gasteiger partial charge is 0.493 e. The summed E-state index contributed by atoms with van der Waals surface area (Å²) in [5.74, 6) is -2.96. The van der Waals surface area contributed by atoms with Crippen LogP contribution in [-0.4, -0.2) is 54.7 Å². The average Bonchev–Trinajstić information content (AvgIpc) is 3.06. The zero-order valence-corrected chi connectivity index (χ0v) is 16.7. The van der Waals surface area contributed by atoms with E-state index in [1.165, 1.54) is 12.1 Å². The van der Waals surface area contributed by atoms with Crippen LogP contribution in [-0.2, 0) is 4.79 Å². The summed E-state index contributed by atoms with van der Waals surface area (Å²) in [4.78, 5) is 12.4. The number of carbonyl (C=O) groups is 1. The van der Waals surface area contributed by atoms with E-state index >= 15 is 0 Å². The Kier molecular flexibility index (Phi) is 5.91. The normalized spacial score (nSPS) is 17.9. The lowest BCUT2D eigenvalue weighted by atomic mass is 9.90. The fourth-order valence-corrected chi connectivity index (χ4v) is 3.92. The Morgan fingerprint density at radius 1 is 1.19 bits per heavy atom. The highest BCUT2D eigenvalue weighted by Crippen LogP contribution is 2.40. The Bertz CT molecular complexity index is 1000. The average molecular weight is 433 g/mol. The number of fused-ring (bicyclic) bond motifs is 1. The van der Waals surface area contributed by atoms with Gasteiger partial charge in [-0.15, -0.1) is 0 Å². The van der Waals surface area contributed by atoms with Gasteiger partial charge in [0.2, 0.25) is 0 Å². The van der Waals surface area contributed by atoms with Gasteiger partial charge < -0.3 is 14.6 Å². The number of halogens is 3. The van der Waals surface area contributed by atoms with Crippen molar-refractivity contribution in [3.05, 3.63) is 65.0 Å². The Morgan fingerprint density at radius 3 is 2.65 bits per heavy atom. The molecule has 0 atom stereocenters. The lowest BCUT2D eigenvalue weighted by Gasteiger charge is -2.28. The predicted molar refractivity (Wildman–Crippen MR) is 108 cm³/mol. The Balaban J connectivity index is 1.70. The molecular formula is C23H22F3NO4. The minimum absolute atomic E-state index is 0.0142. The van der Waals surface area contributed by atoms with Crippen molar-refractivity contribution in [3.63, 3.8) is 0 Å². The van der Waals surface area contributed by atoms with Gasteiger partial charge in [0, 0.05) is 25.1 Å². The maximum absolute atomic E-state index is 13.7. The smallest absolute Gasteiger partial charge is 0.306 e. The third-order valence-electron chi connectivity index (χ3n) is 5.36. The van der Waals surface area contributed by atoms with Crippen LogP contribution in [0.1, 0.15) is 24.0 Å². The molecule has 0 bridgehead atoms. The third kappa shape index (κ3) is 5.02. The molecule has 0 radical (unpaired) electrons. The van der Waals surface area contributed by atoms with Gasteiger partial charge in [0.15, 0.2) is 0 Å². The third-order valence-corrected chi connectivity index (χ3v) is 5.36. The number of carboxylic acids is 1. The summed E-state index contributed by atoms with van der Waals surface area (Å²) in [6.07, 6.45) is -0.312. The fourth-order valence-electron chi connectivity index (χ4n) is 3.92. The van der Waals surface area contributed by atoms with E-state index < -0.39 is 11.9 Å². The van der Waals surface area contributed by atoms with Gasteiger partial charge in [0.1, 0.15) is 23.9 Å². The maximum atomic E-state index is 13.7. The number of rotatable bonds is 7. The molecule has 8 heteroatoms. The topological polar surface area (TPSA) is 59.0 Å². The first-order valence-corrected chi connectivity index (χ1v) is 10.0. The van der Waals surface area contributed by atoms with Gasteiger partial charge >= 0.3 is 5.97 Å². The number of likely N-dealkylation sites (tertiary alicyclic amines) is 1. The van der Waals surface area contributed by atoms with Crippen LogP contribution in [0.3, 0.4) is 0 Å². The molecule has 1 saturated heterocycles. The van der Waals surface area contributed by atoms with Gasteiger partial charge in [-0.1, -0.05) is 12.1 Å². The molecule has 0 spiro atoms. The van der Waals surface area contributed by atoms with Gasteiger partial charge in [-0.3, -0.25) is 9.69 Å². The molecule has 2 heterocycles. The minimum atomic E-state index is -2.70. The van der Waals surface area contributed by atoms with Crippen molar-refractivity contribution < 1.29 is 32.5 Å². The van der Waals surface area contributed by atoms with Crippen LogP contribution >= 0.6 is 0 Å². The molecule has 31 heavy (non-hydrogen) atoms. The second-order valence-electron chi connectivity index (χ2n) is 7.74. The van der Waals surface area contributed by atoms with E-state index in [9.17, 15) is 18.0 Å².